The zero-order valence-corrected chi connectivity index (χ0v) is 11.9. The summed E-state index contributed by atoms with van der Waals surface area (Å²) in [5, 5.41) is 2.91. The molecule has 2 rings (SSSR count). The van der Waals surface area contributed by atoms with Crippen LogP contribution in [0.2, 0.25) is 0 Å². The van der Waals surface area contributed by atoms with Gasteiger partial charge in [-0.3, -0.25) is 9.36 Å². The number of aromatic nitrogens is 1. The maximum absolute atomic E-state index is 11.7. The number of oxazole rings is 1. The van der Waals surface area contributed by atoms with E-state index in [0.717, 1.165) is 11.9 Å². The molecule has 1 amide bonds. The Balaban J connectivity index is 1.95. The molecule has 5 heteroatoms. The predicted molar refractivity (Wildman–Crippen MR) is 77.6 cm³/mol. The molecule has 2 aromatic rings. The van der Waals surface area contributed by atoms with Gasteiger partial charge in [0.15, 0.2) is 5.58 Å². The van der Waals surface area contributed by atoms with Gasteiger partial charge in [-0.05, 0) is 31.9 Å². The SMILES string of the molecule is CCC(C)NC(=O)CCCn1c(=O)oc2ccccc21. The first-order valence-electron chi connectivity index (χ1n) is 6.99. The third-order valence-corrected chi connectivity index (χ3v) is 3.38. The van der Waals surface area contributed by atoms with Gasteiger partial charge in [0.25, 0.3) is 0 Å². The molecule has 0 bridgehead atoms. The van der Waals surface area contributed by atoms with E-state index in [9.17, 15) is 9.59 Å². The molecular weight excluding hydrogens is 256 g/mol. The number of fused-ring (bicyclic) bond motifs is 1. The second kappa shape index (κ2) is 6.41. The molecule has 1 atom stereocenters. The number of rotatable bonds is 6. The van der Waals surface area contributed by atoms with Crippen LogP contribution in [0.3, 0.4) is 0 Å². The monoisotopic (exact) mass is 276 g/mol. The van der Waals surface area contributed by atoms with Gasteiger partial charge in [-0.25, -0.2) is 4.79 Å². The Labute approximate surface area is 117 Å². The number of hydrogen-bond donors (Lipinski definition) is 1. The van der Waals surface area contributed by atoms with Crippen LogP contribution >= 0.6 is 0 Å². The van der Waals surface area contributed by atoms with Gasteiger partial charge in [0.2, 0.25) is 5.91 Å². The quantitative estimate of drug-likeness (QED) is 0.880. The number of carbonyl (C=O) groups is 1. The van der Waals surface area contributed by atoms with Crippen LogP contribution in [0.15, 0.2) is 33.5 Å². The molecule has 0 fully saturated rings. The minimum absolute atomic E-state index is 0.0280. The van der Waals surface area contributed by atoms with Crippen LogP contribution in [-0.2, 0) is 11.3 Å². The van der Waals surface area contributed by atoms with E-state index in [-0.39, 0.29) is 17.7 Å². The van der Waals surface area contributed by atoms with Crippen LogP contribution in [0.25, 0.3) is 11.1 Å². The Morgan fingerprint density at radius 3 is 2.90 bits per heavy atom. The number of aryl methyl sites for hydroxylation is 1. The topological polar surface area (TPSA) is 64.2 Å². The van der Waals surface area contributed by atoms with E-state index in [1.165, 1.54) is 0 Å². The van der Waals surface area contributed by atoms with Gasteiger partial charge in [0.1, 0.15) is 0 Å². The van der Waals surface area contributed by atoms with E-state index in [1.54, 1.807) is 10.6 Å². The van der Waals surface area contributed by atoms with Gasteiger partial charge >= 0.3 is 5.76 Å². The zero-order chi connectivity index (χ0) is 14.5. The molecule has 1 aromatic carbocycles. The van der Waals surface area contributed by atoms with Crippen molar-refractivity contribution in [2.24, 2.45) is 0 Å². The molecule has 1 heterocycles. The van der Waals surface area contributed by atoms with E-state index in [2.05, 4.69) is 5.32 Å². The summed E-state index contributed by atoms with van der Waals surface area (Å²) in [6.07, 6.45) is 1.94. The fourth-order valence-corrected chi connectivity index (χ4v) is 2.07. The summed E-state index contributed by atoms with van der Waals surface area (Å²) in [7, 11) is 0. The predicted octanol–water partition coefficient (Wildman–Crippen LogP) is 2.29. The number of benzene rings is 1. The molecule has 0 radical (unpaired) electrons. The van der Waals surface area contributed by atoms with Crippen LogP contribution < -0.4 is 11.1 Å². The minimum Gasteiger partial charge on any atom is -0.408 e. The molecular formula is C15H20N2O3. The van der Waals surface area contributed by atoms with Gasteiger partial charge in [0.05, 0.1) is 5.52 Å². The van der Waals surface area contributed by atoms with Crippen molar-refractivity contribution in [2.75, 3.05) is 0 Å². The fourth-order valence-electron chi connectivity index (χ4n) is 2.07. The summed E-state index contributed by atoms with van der Waals surface area (Å²) >= 11 is 0. The molecule has 108 valence electrons. The van der Waals surface area contributed by atoms with Crippen molar-refractivity contribution in [3.05, 3.63) is 34.8 Å². The van der Waals surface area contributed by atoms with E-state index in [4.69, 9.17) is 4.42 Å². The van der Waals surface area contributed by atoms with Crippen LogP contribution in [-0.4, -0.2) is 16.5 Å². The molecule has 0 saturated carbocycles. The van der Waals surface area contributed by atoms with Crippen molar-refractivity contribution in [3.8, 4) is 0 Å². The molecule has 1 N–H and O–H groups in total. The van der Waals surface area contributed by atoms with Crippen molar-refractivity contribution in [1.82, 2.24) is 9.88 Å². The summed E-state index contributed by atoms with van der Waals surface area (Å²) in [5.41, 5.74) is 1.36. The summed E-state index contributed by atoms with van der Waals surface area (Å²) in [5.74, 6) is -0.339. The van der Waals surface area contributed by atoms with Gasteiger partial charge < -0.3 is 9.73 Å². The highest BCUT2D eigenvalue weighted by atomic mass is 16.4. The Hall–Kier alpha value is -2.04. The lowest BCUT2D eigenvalue weighted by Crippen LogP contribution is -2.32. The number of nitrogens with one attached hydrogen (secondary N) is 1. The lowest BCUT2D eigenvalue weighted by atomic mass is 10.2. The molecule has 1 unspecified atom stereocenters. The second-order valence-corrected chi connectivity index (χ2v) is 4.97. The first-order valence-corrected chi connectivity index (χ1v) is 6.99. The van der Waals surface area contributed by atoms with Crippen LogP contribution in [0.5, 0.6) is 0 Å². The Morgan fingerprint density at radius 2 is 2.15 bits per heavy atom. The first-order chi connectivity index (χ1) is 9.61. The molecule has 1 aromatic heterocycles. The first kappa shape index (κ1) is 14.4. The van der Waals surface area contributed by atoms with Crippen molar-refractivity contribution in [2.45, 2.75) is 45.7 Å². The van der Waals surface area contributed by atoms with Crippen LogP contribution in [0.1, 0.15) is 33.1 Å². The van der Waals surface area contributed by atoms with Crippen LogP contribution in [0, 0.1) is 0 Å². The zero-order valence-electron chi connectivity index (χ0n) is 11.9. The highest BCUT2D eigenvalue weighted by Gasteiger charge is 2.09. The standard InChI is InChI=1S/C15H20N2O3/c1-3-11(2)16-14(18)9-6-10-17-12-7-4-5-8-13(12)20-15(17)19/h4-5,7-8,11H,3,6,9-10H2,1-2H3,(H,16,18). The summed E-state index contributed by atoms with van der Waals surface area (Å²) < 4.78 is 6.72. The molecule has 5 nitrogen and oxygen atoms in total. The third kappa shape index (κ3) is 3.29. The third-order valence-electron chi connectivity index (χ3n) is 3.38. The van der Waals surface area contributed by atoms with Crippen molar-refractivity contribution in [3.63, 3.8) is 0 Å². The van der Waals surface area contributed by atoms with Crippen molar-refractivity contribution < 1.29 is 9.21 Å². The molecule has 0 aliphatic carbocycles. The minimum atomic E-state index is -0.367. The molecule has 20 heavy (non-hydrogen) atoms. The number of hydrogen-bond acceptors (Lipinski definition) is 3. The lowest BCUT2D eigenvalue weighted by Gasteiger charge is -2.11. The molecule has 0 aliphatic rings. The second-order valence-electron chi connectivity index (χ2n) is 4.97. The Bertz CT molecular complexity index is 642. The van der Waals surface area contributed by atoms with Gasteiger partial charge in [-0.15, -0.1) is 0 Å². The highest BCUT2D eigenvalue weighted by Crippen LogP contribution is 2.12. The number of amides is 1. The number of para-hydroxylation sites is 2. The largest absolute Gasteiger partial charge is 0.419 e. The maximum Gasteiger partial charge on any atom is 0.419 e. The van der Waals surface area contributed by atoms with Crippen LogP contribution in [0.4, 0.5) is 0 Å². The fraction of sp³-hybridized carbons (Fsp3) is 0.467. The smallest absolute Gasteiger partial charge is 0.408 e. The van der Waals surface area contributed by atoms with E-state index < -0.39 is 0 Å². The Kier molecular flexibility index (Phi) is 4.61. The average molecular weight is 276 g/mol. The maximum atomic E-state index is 11.7. The molecule has 0 saturated heterocycles. The molecule has 0 aliphatic heterocycles. The summed E-state index contributed by atoms with van der Waals surface area (Å²) in [6, 6.07) is 7.50. The van der Waals surface area contributed by atoms with Gasteiger partial charge in [0, 0.05) is 19.0 Å². The number of carbonyl (C=O) groups excluding carboxylic acids is 1. The number of nitrogens with zero attached hydrogens (tertiary/aromatic N) is 1. The normalized spacial score (nSPS) is 12.5. The summed E-state index contributed by atoms with van der Waals surface area (Å²) in [4.78, 5) is 23.4. The molecule has 0 spiro atoms. The summed E-state index contributed by atoms with van der Waals surface area (Å²) in [6.45, 7) is 4.50. The lowest BCUT2D eigenvalue weighted by molar-refractivity contribution is -0.121. The van der Waals surface area contributed by atoms with Crippen molar-refractivity contribution >= 4 is 17.0 Å². The average Bonchev–Trinajstić information content (AvgIpc) is 2.75. The van der Waals surface area contributed by atoms with Gasteiger partial charge in [-0.1, -0.05) is 19.1 Å². The van der Waals surface area contributed by atoms with Crippen molar-refractivity contribution in [1.29, 1.82) is 0 Å². The van der Waals surface area contributed by atoms with E-state index in [1.807, 2.05) is 32.0 Å². The van der Waals surface area contributed by atoms with E-state index in [0.29, 0.717) is 25.0 Å². The highest BCUT2D eigenvalue weighted by molar-refractivity contribution is 5.76. The van der Waals surface area contributed by atoms with Gasteiger partial charge in [-0.2, -0.15) is 0 Å². The Morgan fingerprint density at radius 1 is 1.40 bits per heavy atom. The van der Waals surface area contributed by atoms with E-state index >= 15 is 0 Å².